The number of hydrogen-bond acceptors (Lipinski definition) is 4. The molecule has 2 aliphatic heterocycles. The average Bonchev–Trinajstić information content (AvgIpc) is 3.13. The molecule has 0 saturated carbocycles. The number of benzene rings is 1. The summed E-state index contributed by atoms with van der Waals surface area (Å²) < 4.78 is 6.06. The summed E-state index contributed by atoms with van der Waals surface area (Å²) >= 11 is 0. The molecule has 1 atom stereocenters. The summed E-state index contributed by atoms with van der Waals surface area (Å²) in [6.07, 6.45) is 4.92. The Morgan fingerprint density at radius 3 is 2.95 bits per heavy atom. The monoisotopic (exact) mass is 285 g/mol. The van der Waals surface area contributed by atoms with Crippen LogP contribution in [0.2, 0.25) is 0 Å². The minimum Gasteiger partial charge on any atom is -0.439 e. The zero-order valence-electron chi connectivity index (χ0n) is 12.6. The number of rotatable bonds is 2. The van der Waals surface area contributed by atoms with Crippen LogP contribution >= 0.6 is 0 Å². The zero-order valence-corrected chi connectivity index (χ0v) is 12.6. The Hall–Kier alpha value is -1.39. The van der Waals surface area contributed by atoms with Crippen molar-refractivity contribution in [3.63, 3.8) is 0 Å². The molecular weight excluding hydrogens is 262 g/mol. The van der Waals surface area contributed by atoms with Gasteiger partial charge < -0.3 is 9.73 Å². The first-order valence-electron chi connectivity index (χ1n) is 8.15. The third-order valence-electron chi connectivity index (χ3n) is 4.92. The van der Waals surface area contributed by atoms with Gasteiger partial charge in [0.05, 0.1) is 6.04 Å². The van der Waals surface area contributed by atoms with Gasteiger partial charge in [0.2, 0.25) is 5.89 Å². The van der Waals surface area contributed by atoms with E-state index in [0.29, 0.717) is 12.1 Å². The molecule has 0 amide bonds. The van der Waals surface area contributed by atoms with Crippen molar-refractivity contribution in [1.82, 2.24) is 15.2 Å². The van der Waals surface area contributed by atoms with E-state index in [2.05, 4.69) is 29.3 Å². The highest BCUT2D eigenvalue weighted by molar-refractivity contribution is 5.73. The summed E-state index contributed by atoms with van der Waals surface area (Å²) in [5, 5.41) is 3.45. The first-order valence-corrected chi connectivity index (χ1v) is 8.15. The lowest BCUT2D eigenvalue weighted by molar-refractivity contribution is 0.132. The quantitative estimate of drug-likeness (QED) is 0.921. The number of nitrogens with one attached hydrogen (secondary N) is 1. The fraction of sp³-hybridized carbons (Fsp3) is 0.588. The van der Waals surface area contributed by atoms with Crippen LogP contribution in [0, 0.1) is 6.92 Å². The van der Waals surface area contributed by atoms with Crippen molar-refractivity contribution in [2.45, 2.75) is 44.7 Å². The predicted molar refractivity (Wildman–Crippen MR) is 83.3 cm³/mol. The van der Waals surface area contributed by atoms with Crippen LogP contribution in [0.1, 0.15) is 43.2 Å². The van der Waals surface area contributed by atoms with E-state index in [1.165, 1.54) is 37.8 Å². The van der Waals surface area contributed by atoms with Crippen LogP contribution < -0.4 is 5.32 Å². The minimum absolute atomic E-state index is 0.376. The molecule has 0 spiro atoms. The van der Waals surface area contributed by atoms with Gasteiger partial charge in [0.1, 0.15) is 5.52 Å². The Balaban J connectivity index is 1.63. The van der Waals surface area contributed by atoms with E-state index in [9.17, 15) is 0 Å². The zero-order chi connectivity index (χ0) is 14.2. The summed E-state index contributed by atoms with van der Waals surface area (Å²) in [4.78, 5) is 7.41. The van der Waals surface area contributed by atoms with Crippen molar-refractivity contribution in [1.29, 1.82) is 0 Å². The van der Waals surface area contributed by atoms with Crippen LogP contribution in [-0.2, 0) is 0 Å². The molecule has 3 heterocycles. The van der Waals surface area contributed by atoms with Crippen molar-refractivity contribution in [2.24, 2.45) is 0 Å². The first kappa shape index (κ1) is 13.3. The molecule has 2 saturated heterocycles. The average molecular weight is 285 g/mol. The number of hydrogen-bond donors (Lipinski definition) is 1. The smallest absolute Gasteiger partial charge is 0.212 e. The standard InChI is InChI=1S/C17H23N3O/c1-12-4-5-16-14(11-12)19-17(21-16)15-3-2-10-20(15)13-6-8-18-9-7-13/h4-5,11,13,15,18H,2-3,6-10H2,1H3. The highest BCUT2D eigenvalue weighted by atomic mass is 16.3. The van der Waals surface area contributed by atoms with Crippen molar-refractivity contribution in [3.05, 3.63) is 29.7 Å². The molecule has 21 heavy (non-hydrogen) atoms. The van der Waals surface area contributed by atoms with E-state index in [0.717, 1.165) is 30.1 Å². The number of oxazole rings is 1. The van der Waals surface area contributed by atoms with Gasteiger partial charge in [0, 0.05) is 6.04 Å². The summed E-state index contributed by atoms with van der Waals surface area (Å²) in [6, 6.07) is 7.32. The van der Waals surface area contributed by atoms with Crippen LogP contribution in [0.5, 0.6) is 0 Å². The summed E-state index contributed by atoms with van der Waals surface area (Å²) in [5.41, 5.74) is 3.17. The number of fused-ring (bicyclic) bond motifs is 1. The second-order valence-electron chi connectivity index (χ2n) is 6.40. The molecule has 4 nitrogen and oxygen atoms in total. The van der Waals surface area contributed by atoms with Crippen LogP contribution in [0.25, 0.3) is 11.1 Å². The number of aromatic nitrogens is 1. The molecule has 1 aromatic carbocycles. The van der Waals surface area contributed by atoms with Gasteiger partial charge in [0.25, 0.3) is 0 Å². The number of piperidine rings is 1. The highest BCUT2D eigenvalue weighted by Crippen LogP contribution is 2.36. The van der Waals surface area contributed by atoms with E-state index in [1.54, 1.807) is 0 Å². The Bertz CT molecular complexity index is 630. The third-order valence-corrected chi connectivity index (χ3v) is 4.92. The minimum atomic E-state index is 0.376. The number of aryl methyl sites for hydroxylation is 1. The van der Waals surface area contributed by atoms with E-state index < -0.39 is 0 Å². The molecule has 0 bridgehead atoms. The molecule has 4 heteroatoms. The molecule has 2 fully saturated rings. The maximum atomic E-state index is 6.06. The van der Waals surface area contributed by atoms with Crippen LogP contribution in [-0.4, -0.2) is 35.6 Å². The second kappa shape index (κ2) is 5.43. The molecular formula is C17H23N3O. The fourth-order valence-corrected chi connectivity index (χ4v) is 3.83. The molecule has 0 aliphatic carbocycles. The molecule has 1 aromatic heterocycles. The predicted octanol–water partition coefficient (Wildman–Crippen LogP) is 3.03. The Morgan fingerprint density at radius 2 is 2.10 bits per heavy atom. The summed E-state index contributed by atoms with van der Waals surface area (Å²) in [5.74, 6) is 0.923. The van der Waals surface area contributed by atoms with Gasteiger partial charge in [-0.05, 0) is 69.9 Å². The van der Waals surface area contributed by atoms with Gasteiger partial charge in [0.15, 0.2) is 5.58 Å². The van der Waals surface area contributed by atoms with Crippen LogP contribution in [0.15, 0.2) is 22.6 Å². The molecule has 1 unspecified atom stereocenters. The van der Waals surface area contributed by atoms with Gasteiger partial charge in [-0.15, -0.1) is 0 Å². The van der Waals surface area contributed by atoms with E-state index in [-0.39, 0.29) is 0 Å². The van der Waals surface area contributed by atoms with Crippen molar-refractivity contribution in [2.75, 3.05) is 19.6 Å². The largest absolute Gasteiger partial charge is 0.439 e. The third kappa shape index (κ3) is 2.47. The van der Waals surface area contributed by atoms with Gasteiger partial charge in [-0.2, -0.15) is 0 Å². The van der Waals surface area contributed by atoms with Gasteiger partial charge in [-0.25, -0.2) is 4.98 Å². The summed E-state index contributed by atoms with van der Waals surface area (Å²) in [6.45, 7) is 5.57. The molecule has 112 valence electrons. The Kier molecular flexibility index (Phi) is 3.43. The van der Waals surface area contributed by atoms with Gasteiger partial charge in [-0.1, -0.05) is 6.07 Å². The molecule has 0 radical (unpaired) electrons. The van der Waals surface area contributed by atoms with Crippen molar-refractivity contribution < 1.29 is 4.42 Å². The van der Waals surface area contributed by atoms with Gasteiger partial charge in [-0.3, -0.25) is 4.90 Å². The number of nitrogens with zero attached hydrogens (tertiary/aromatic N) is 2. The van der Waals surface area contributed by atoms with E-state index in [4.69, 9.17) is 9.40 Å². The molecule has 2 aliphatic rings. The Morgan fingerprint density at radius 1 is 1.24 bits per heavy atom. The van der Waals surface area contributed by atoms with Crippen LogP contribution in [0.4, 0.5) is 0 Å². The normalized spacial score (nSPS) is 24.9. The van der Waals surface area contributed by atoms with Crippen LogP contribution in [0.3, 0.4) is 0 Å². The van der Waals surface area contributed by atoms with E-state index in [1.807, 2.05) is 6.07 Å². The SMILES string of the molecule is Cc1ccc2oc(C3CCCN3C3CCNCC3)nc2c1. The molecule has 2 aromatic rings. The maximum Gasteiger partial charge on any atom is 0.212 e. The van der Waals surface area contributed by atoms with Crippen molar-refractivity contribution >= 4 is 11.1 Å². The maximum absolute atomic E-state index is 6.06. The molecule has 4 rings (SSSR count). The molecule has 1 N–H and O–H groups in total. The lowest BCUT2D eigenvalue weighted by Crippen LogP contribution is -2.42. The second-order valence-corrected chi connectivity index (χ2v) is 6.40. The van der Waals surface area contributed by atoms with Crippen molar-refractivity contribution in [3.8, 4) is 0 Å². The lowest BCUT2D eigenvalue weighted by atomic mass is 10.0. The summed E-state index contributed by atoms with van der Waals surface area (Å²) in [7, 11) is 0. The fourth-order valence-electron chi connectivity index (χ4n) is 3.83. The highest BCUT2D eigenvalue weighted by Gasteiger charge is 2.35. The topological polar surface area (TPSA) is 41.3 Å². The lowest BCUT2D eigenvalue weighted by Gasteiger charge is -2.34. The number of likely N-dealkylation sites (tertiary alicyclic amines) is 1. The Labute approximate surface area is 125 Å². The van der Waals surface area contributed by atoms with Gasteiger partial charge >= 0.3 is 0 Å². The first-order chi connectivity index (χ1) is 10.3. The van der Waals surface area contributed by atoms with E-state index >= 15 is 0 Å².